The van der Waals surface area contributed by atoms with Crippen molar-refractivity contribution in [3.8, 4) is 0 Å². The smallest absolute Gasteiger partial charge is 0.252 e. The van der Waals surface area contributed by atoms with Gasteiger partial charge >= 0.3 is 0 Å². The summed E-state index contributed by atoms with van der Waals surface area (Å²) in [5.41, 5.74) is 2.73. The van der Waals surface area contributed by atoms with Gasteiger partial charge in [-0.2, -0.15) is 0 Å². The highest BCUT2D eigenvalue weighted by molar-refractivity contribution is 9.10. The van der Waals surface area contributed by atoms with Crippen LogP contribution < -0.4 is 5.32 Å². The summed E-state index contributed by atoms with van der Waals surface area (Å²) in [6.45, 7) is 1.98. The van der Waals surface area contributed by atoms with Crippen LogP contribution in [0.4, 0.5) is 0 Å². The molecule has 1 heterocycles. The zero-order chi connectivity index (χ0) is 14.8. The molecule has 0 saturated carbocycles. The number of rotatable bonds is 3. The highest BCUT2D eigenvalue weighted by Crippen LogP contribution is 2.21. The summed E-state index contributed by atoms with van der Waals surface area (Å²) in [6, 6.07) is 15.5. The van der Waals surface area contributed by atoms with Crippen LogP contribution in [-0.2, 0) is 0 Å². The molecule has 0 radical (unpaired) electrons. The fourth-order valence-electron chi connectivity index (χ4n) is 2.42. The normalized spacial score (nSPS) is 12.3. The first-order valence-electron chi connectivity index (χ1n) is 6.77. The van der Waals surface area contributed by atoms with E-state index >= 15 is 0 Å². The Kier molecular flexibility index (Phi) is 3.80. The van der Waals surface area contributed by atoms with Crippen LogP contribution in [0, 0.1) is 0 Å². The molecule has 106 valence electrons. The maximum Gasteiger partial charge on any atom is 0.252 e. The molecule has 0 aliphatic carbocycles. The molecule has 0 saturated heterocycles. The predicted molar refractivity (Wildman–Crippen MR) is 88.3 cm³/mol. The van der Waals surface area contributed by atoms with E-state index in [1.165, 1.54) is 0 Å². The lowest BCUT2D eigenvalue weighted by molar-refractivity contribution is 0.0941. The van der Waals surface area contributed by atoms with E-state index in [1.54, 1.807) is 0 Å². The van der Waals surface area contributed by atoms with Gasteiger partial charge in [-0.3, -0.25) is 4.79 Å². The average Bonchev–Trinajstić information content (AvgIpc) is 2.95. The van der Waals surface area contributed by atoms with Crippen molar-refractivity contribution in [2.75, 3.05) is 0 Å². The van der Waals surface area contributed by atoms with Crippen LogP contribution in [0.2, 0.25) is 0 Å². The zero-order valence-electron chi connectivity index (χ0n) is 11.6. The summed E-state index contributed by atoms with van der Waals surface area (Å²) in [5.74, 6) is -0.0623. The second-order valence-corrected chi connectivity index (χ2v) is 5.91. The van der Waals surface area contributed by atoms with Crippen molar-refractivity contribution in [2.24, 2.45) is 0 Å². The van der Waals surface area contributed by atoms with Crippen LogP contribution in [0.5, 0.6) is 0 Å². The molecule has 3 nitrogen and oxygen atoms in total. The average molecular weight is 343 g/mol. The number of hydrogen-bond donors (Lipinski definition) is 2. The van der Waals surface area contributed by atoms with Crippen molar-refractivity contribution in [1.29, 1.82) is 0 Å². The SMILES string of the molecule is CC(NC(=O)c1cccc2[nH]ccc12)c1cccc(Br)c1. The number of H-pyrrole nitrogens is 1. The van der Waals surface area contributed by atoms with Gasteiger partial charge in [-0.25, -0.2) is 0 Å². The number of carbonyl (C=O) groups excluding carboxylic acids is 1. The number of benzene rings is 2. The molecular formula is C17H15BrN2O. The van der Waals surface area contributed by atoms with Crippen molar-refractivity contribution in [3.63, 3.8) is 0 Å². The first-order chi connectivity index (χ1) is 10.1. The molecule has 2 N–H and O–H groups in total. The Morgan fingerprint density at radius 3 is 2.81 bits per heavy atom. The number of aromatic amines is 1. The van der Waals surface area contributed by atoms with E-state index in [-0.39, 0.29) is 11.9 Å². The van der Waals surface area contributed by atoms with Gasteiger partial charge in [0, 0.05) is 27.1 Å². The highest BCUT2D eigenvalue weighted by atomic mass is 79.9. The summed E-state index contributed by atoms with van der Waals surface area (Å²) < 4.78 is 1.01. The van der Waals surface area contributed by atoms with Crippen LogP contribution in [0.3, 0.4) is 0 Å². The van der Waals surface area contributed by atoms with Gasteiger partial charge in [-0.1, -0.05) is 34.1 Å². The lowest BCUT2D eigenvalue weighted by atomic mass is 10.1. The molecule has 4 heteroatoms. The van der Waals surface area contributed by atoms with E-state index in [9.17, 15) is 4.79 Å². The predicted octanol–water partition coefficient (Wildman–Crippen LogP) is 4.42. The Morgan fingerprint density at radius 1 is 1.19 bits per heavy atom. The molecule has 2 aromatic carbocycles. The van der Waals surface area contributed by atoms with Gasteiger partial charge in [-0.05, 0) is 42.8 Å². The monoisotopic (exact) mass is 342 g/mol. The number of fused-ring (bicyclic) bond motifs is 1. The topological polar surface area (TPSA) is 44.9 Å². The van der Waals surface area contributed by atoms with Gasteiger partial charge in [0.15, 0.2) is 0 Å². The maximum atomic E-state index is 12.5. The largest absolute Gasteiger partial charge is 0.361 e. The molecule has 0 fully saturated rings. The van der Waals surface area contributed by atoms with E-state index < -0.39 is 0 Å². The second-order valence-electron chi connectivity index (χ2n) is 4.99. The van der Waals surface area contributed by atoms with Crippen LogP contribution >= 0.6 is 15.9 Å². The van der Waals surface area contributed by atoms with Crippen molar-refractivity contribution in [3.05, 3.63) is 70.3 Å². The zero-order valence-corrected chi connectivity index (χ0v) is 13.1. The second kappa shape index (κ2) is 5.74. The first-order valence-corrected chi connectivity index (χ1v) is 7.57. The van der Waals surface area contributed by atoms with E-state index in [4.69, 9.17) is 0 Å². The van der Waals surface area contributed by atoms with Gasteiger partial charge in [0.25, 0.3) is 5.91 Å². The third kappa shape index (κ3) is 2.85. The minimum absolute atomic E-state index is 0.0517. The number of nitrogens with one attached hydrogen (secondary N) is 2. The molecule has 3 aromatic rings. The Bertz CT molecular complexity index is 794. The number of aromatic nitrogens is 1. The molecule has 0 spiro atoms. The van der Waals surface area contributed by atoms with Crippen molar-refractivity contribution < 1.29 is 4.79 Å². The molecule has 1 aromatic heterocycles. The number of halogens is 1. The number of amides is 1. The Balaban J connectivity index is 1.85. The third-order valence-corrected chi connectivity index (χ3v) is 4.03. The molecule has 21 heavy (non-hydrogen) atoms. The molecule has 0 aliphatic heterocycles. The van der Waals surface area contributed by atoms with Gasteiger partial charge in [0.05, 0.1) is 6.04 Å². The Hall–Kier alpha value is -2.07. The van der Waals surface area contributed by atoms with Gasteiger partial charge in [-0.15, -0.1) is 0 Å². The number of hydrogen-bond acceptors (Lipinski definition) is 1. The molecular weight excluding hydrogens is 328 g/mol. The molecule has 3 rings (SSSR count). The van der Waals surface area contributed by atoms with E-state index in [2.05, 4.69) is 26.2 Å². The Morgan fingerprint density at radius 2 is 2.00 bits per heavy atom. The standard InChI is InChI=1S/C17H15BrN2O/c1-11(12-4-2-5-13(18)10-12)20-17(21)15-6-3-7-16-14(15)8-9-19-16/h2-11,19H,1H3,(H,20,21). The van der Waals surface area contributed by atoms with Crippen molar-refractivity contribution in [2.45, 2.75) is 13.0 Å². The summed E-state index contributed by atoms with van der Waals surface area (Å²) in [5, 5.41) is 3.99. The lowest BCUT2D eigenvalue weighted by Gasteiger charge is -2.15. The summed E-state index contributed by atoms with van der Waals surface area (Å²) in [7, 11) is 0. The third-order valence-electron chi connectivity index (χ3n) is 3.54. The van der Waals surface area contributed by atoms with E-state index in [1.807, 2.05) is 61.7 Å². The minimum Gasteiger partial charge on any atom is -0.361 e. The van der Waals surface area contributed by atoms with Crippen LogP contribution in [0.1, 0.15) is 28.9 Å². The van der Waals surface area contributed by atoms with Crippen LogP contribution in [0.25, 0.3) is 10.9 Å². The van der Waals surface area contributed by atoms with Gasteiger partial charge in [0.1, 0.15) is 0 Å². The quantitative estimate of drug-likeness (QED) is 0.726. The first kappa shape index (κ1) is 13.9. The van der Waals surface area contributed by atoms with Crippen molar-refractivity contribution >= 4 is 32.7 Å². The Labute approximate surface area is 131 Å². The van der Waals surface area contributed by atoms with E-state index in [0.29, 0.717) is 5.56 Å². The van der Waals surface area contributed by atoms with Crippen molar-refractivity contribution in [1.82, 2.24) is 10.3 Å². The molecule has 1 amide bonds. The fraction of sp³-hybridized carbons (Fsp3) is 0.118. The van der Waals surface area contributed by atoms with Crippen LogP contribution in [0.15, 0.2) is 59.2 Å². The molecule has 1 atom stereocenters. The maximum absolute atomic E-state index is 12.5. The number of carbonyl (C=O) groups is 1. The van der Waals surface area contributed by atoms with Gasteiger partial charge < -0.3 is 10.3 Å². The molecule has 1 unspecified atom stereocenters. The van der Waals surface area contributed by atoms with Crippen LogP contribution in [-0.4, -0.2) is 10.9 Å². The summed E-state index contributed by atoms with van der Waals surface area (Å²) in [6.07, 6.45) is 1.85. The minimum atomic E-state index is -0.0623. The molecule has 0 aliphatic rings. The van der Waals surface area contributed by atoms with E-state index in [0.717, 1.165) is 20.9 Å². The highest BCUT2D eigenvalue weighted by Gasteiger charge is 2.14. The summed E-state index contributed by atoms with van der Waals surface area (Å²) in [4.78, 5) is 15.6. The molecule has 0 bridgehead atoms. The fourth-order valence-corrected chi connectivity index (χ4v) is 2.83. The lowest BCUT2D eigenvalue weighted by Crippen LogP contribution is -2.26. The summed E-state index contributed by atoms with van der Waals surface area (Å²) >= 11 is 3.45. The van der Waals surface area contributed by atoms with Gasteiger partial charge in [0.2, 0.25) is 0 Å².